The number of fused-ring (bicyclic) bond motifs is 3. The Morgan fingerprint density at radius 3 is 2.43 bits per heavy atom. The van der Waals surface area contributed by atoms with E-state index in [1.165, 1.54) is 52.7 Å². The average Bonchev–Trinajstić information content (AvgIpc) is 2.83. The lowest BCUT2D eigenvalue weighted by molar-refractivity contribution is 0.511. The molecule has 0 nitrogen and oxygen atoms in total. The van der Waals surface area contributed by atoms with Crippen molar-refractivity contribution in [2.45, 2.75) is 58.3 Å². The second kappa shape index (κ2) is 6.35. The number of rotatable bonds is 6. The summed E-state index contributed by atoms with van der Waals surface area (Å²) < 4.78 is 0. The number of allylic oxidation sites excluding steroid dienone is 1. The van der Waals surface area contributed by atoms with Gasteiger partial charge in [-0.3, -0.25) is 0 Å². The second-order valence-electron chi connectivity index (χ2n) is 6.96. The van der Waals surface area contributed by atoms with Gasteiger partial charge in [-0.25, -0.2) is 0 Å². The summed E-state index contributed by atoms with van der Waals surface area (Å²) in [5.74, 6) is 0. The molecular formula is C23H28. The van der Waals surface area contributed by atoms with E-state index in [1.54, 1.807) is 0 Å². The van der Waals surface area contributed by atoms with Crippen molar-refractivity contribution in [3.8, 4) is 11.1 Å². The highest BCUT2D eigenvalue weighted by Crippen LogP contribution is 2.55. The minimum atomic E-state index is 0.0178. The standard InChI is InChI=1S/C23H28/c1-5-7-15-23(18(4)10-6-2)21-12-9-8-11-19(21)20-14-13-17(3)16-22(20)23/h8-9,11-14,16H,4-7,10,15H2,1-3H3. The summed E-state index contributed by atoms with van der Waals surface area (Å²) in [6, 6.07) is 16.0. The van der Waals surface area contributed by atoms with Gasteiger partial charge in [-0.15, -0.1) is 0 Å². The first-order chi connectivity index (χ1) is 11.1. The maximum atomic E-state index is 4.58. The van der Waals surface area contributed by atoms with Gasteiger partial charge in [-0.1, -0.05) is 93.3 Å². The van der Waals surface area contributed by atoms with Gasteiger partial charge in [0.05, 0.1) is 0 Å². The zero-order chi connectivity index (χ0) is 16.4. The van der Waals surface area contributed by atoms with Gasteiger partial charge >= 0.3 is 0 Å². The molecule has 0 N–H and O–H groups in total. The molecule has 23 heavy (non-hydrogen) atoms. The van der Waals surface area contributed by atoms with Crippen LogP contribution < -0.4 is 0 Å². The van der Waals surface area contributed by atoms with Crippen molar-refractivity contribution in [2.24, 2.45) is 0 Å². The molecule has 1 unspecified atom stereocenters. The van der Waals surface area contributed by atoms with Crippen LogP contribution in [0.15, 0.2) is 54.6 Å². The van der Waals surface area contributed by atoms with Crippen molar-refractivity contribution in [3.05, 3.63) is 71.3 Å². The highest BCUT2D eigenvalue weighted by Gasteiger charge is 2.44. The molecule has 2 aromatic rings. The highest BCUT2D eigenvalue weighted by atomic mass is 14.5. The molecule has 0 saturated heterocycles. The van der Waals surface area contributed by atoms with Crippen molar-refractivity contribution in [3.63, 3.8) is 0 Å². The molecule has 120 valence electrons. The summed E-state index contributed by atoms with van der Waals surface area (Å²) in [4.78, 5) is 0. The van der Waals surface area contributed by atoms with E-state index >= 15 is 0 Å². The van der Waals surface area contributed by atoms with Crippen LogP contribution in [0.2, 0.25) is 0 Å². The molecule has 0 aromatic heterocycles. The maximum absolute atomic E-state index is 4.58. The predicted molar refractivity (Wildman–Crippen MR) is 101 cm³/mol. The molecule has 0 amide bonds. The maximum Gasteiger partial charge on any atom is 0.0420 e. The van der Waals surface area contributed by atoms with Crippen LogP contribution >= 0.6 is 0 Å². The molecule has 0 aliphatic heterocycles. The van der Waals surface area contributed by atoms with E-state index in [0.717, 1.165) is 12.8 Å². The number of unbranched alkanes of at least 4 members (excludes halogenated alkanes) is 1. The summed E-state index contributed by atoms with van der Waals surface area (Å²) in [6.45, 7) is 11.3. The van der Waals surface area contributed by atoms with Gasteiger partial charge in [0, 0.05) is 5.41 Å². The number of aryl methyl sites for hydroxylation is 1. The lowest BCUT2D eigenvalue weighted by Crippen LogP contribution is -2.27. The van der Waals surface area contributed by atoms with Gasteiger partial charge in [0.2, 0.25) is 0 Å². The molecular weight excluding hydrogens is 276 g/mol. The van der Waals surface area contributed by atoms with Crippen molar-refractivity contribution >= 4 is 0 Å². The fraction of sp³-hybridized carbons (Fsp3) is 0.391. The van der Waals surface area contributed by atoms with E-state index in [2.05, 4.69) is 69.8 Å². The third-order valence-electron chi connectivity index (χ3n) is 5.37. The SMILES string of the molecule is C=C(CCC)C1(CCCC)c2ccccc2-c2ccc(C)cc21. The molecule has 0 saturated carbocycles. The van der Waals surface area contributed by atoms with Crippen LogP contribution in [-0.4, -0.2) is 0 Å². The molecule has 0 fully saturated rings. The van der Waals surface area contributed by atoms with E-state index in [0.29, 0.717) is 0 Å². The van der Waals surface area contributed by atoms with Crippen LogP contribution in [0.5, 0.6) is 0 Å². The molecule has 0 heterocycles. The third-order valence-corrected chi connectivity index (χ3v) is 5.37. The Morgan fingerprint density at radius 1 is 0.957 bits per heavy atom. The Kier molecular flexibility index (Phi) is 4.43. The molecule has 3 rings (SSSR count). The largest absolute Gasteiger partial charge is 0.0986 e. The summed E-state index contributed by atoms with van der Waals surface area (Å²) in [7, 11) is 0. The van der Waals surface area contributed by atoms with Crippen molar-refractivity contribution in [1.82, 2.24) is 0 Å². The Hall–Kier alpha value is -1.82. The lowest BCUT2D eigenvalue weighted by Gasteiger charge is -2.35. The first-order valence-electron chi connectivity index (χ1n) is 9.04. The van der Waals surface area contributed by atoms with Gasteiger partial charge in [-0.05, 0) is 42.0 Å². The van der Waals surface area contributed by atoms with Crippen LogP contribution in [0.3, 0.4) is 0 Å². The fourth-order valence-electron chi connectivity index (χ4n) is 4.27. The molecule has 0 heteroatoms. The summed E-state index contributed by atoms with van der Waals surface area (Å²) in [6.07, 6.45) is 5.91. The normalized spacial score (nSPS) is 18.6. The van der Waals surface area contributed by atoms with E-state index in [1.807, 2.05) is 0 Å². The predicted octanol–water partition coefficient (Wildman–Crippen LogP) is 6.81. The van der Waals surface area contributed by atoms with Crippen molar-refractivity contribution in [2.75, 3.05) is 0 Å². The zero-order valence-electron chi connectivity index (χ0n) is 14.8. The van der Waals surface area contributed by atoms with E-state index < -0.39 is 0 Å². The minimum absolute atomic E-state index is 0.0178. The van der Waals surface area contributed by atoms with Gasteiger partial charge in [0.25, 0.3) is 0 Å². The van der Waals surface area contributed by atoms with Crippen LogP contribution in [0.4, 0.5) is 0 Å². The molecule has 1 aliphatic carbocycles. The van der Waals surface area contributed by atoms with Crippen molar-refractivity contribution < 1.29 is 0 Å². The van der Waals surface area contributed by atoms with Crippen LogP contribution in [0.1, 0.15) is 62.6 Å². The molecule has 0 bridgehead atoms. The van der Waals surface area contributed by atoms with Crippen LogP contribution in [-0.2, 0) is 5.41 Å². The van der Waals surface area contributed by atoms with Gasteiger partial charge in [0.1, 0.15) is 0 Å². The average molecular weight is 304 g/mol. The van der Waals surface area contributed by atoms with Gasteiger partial charge < -0.3 is 0 Å². The Labute approximate surface area is 141 Å². The number of hydrogen-bond donors (Lipinski definition) is 0. The van der Waals surface area contributed by atoms with Crippen LogP contribution in [0, 0.1) is 6.92 Å². The Balaban J connectivity index is 2.28. The summed E-state index contributed by atoms with van der Waals surface area (Å²) in [5, 5.41) is 0. The fourth-order valence-corrected chi connectivity index (χ4v) is 4.27. The summed E-state index contributed by atoms with van der Waals surface area (Å²) in [5.41, 5.74) is 8.56. The topological polar surface area (TPSA) is 0 Å². The first kappa shape index (κ1) is 16.1. The van der Waals surface area contributed by atoms with Crippen LogP contribution in [0.25, 0.3) is 11.1 Å². The zero-order valence-corrected chi connectivity index (χ0v) is 14.8. The molecule has 1 aliphatic rings. The Bertz CT molecular complexity index is 723. The number of hydrogen-bond acceptors (Lipinski definition) is 0. The van der Waals surface area contributed by atoms with E-state index in [-0.39, 0.29) is 5.41 Å². The number of benzene rings is 2. The minimum Gasteiger partial charge on any atom is -0.0986 e. The van der Waals surface area contributed by atoms with E-state index in [4.69, 9.17) is 0 Å². The first-order valence-corrected chi connectivity index (χ1v) is 9.04. The quantitative estimate of drug-likeness (QED) is 0.514. The smallest absolute Gasteiger partial charge is 0.0420 e. The lowest BCUT2D eigenvalue weighted by atomic mass is 9.68. The monoisotopic (exact) mass is 304 g/mol. The van der Waals surface area contributed by atoms with E-state index in [9.17, 15) is 0 Å². The summed E-state index contributed by atoms with van der Waals surface area (Å²) >= 11 is 0. The Morgan fingerprint density at radius 2 is 1.70 bits per heavy atom. The van der Waals surface area contributed by atoms with Gasteiger partial charge in [-0.2, -0.15) is 0 Å². The second-order valence-corrected chi connectivity index (χ2v) is 6.96. The van der Waals surface area contributed by atoms with Crippen molar-refractivity contribution in [1.29, 1.82) is 0 Å². The highest BCUT2D eigenvalue weighted by molar-refractivity contribution is 5.83. The molecule has 2 aromatic carbocycles. The molecule has 1 atom stereocenters. The van der Waals surface area contributed by atoms with Gasteiger partial charge in [0.15, 0.2) is 0 Å². The third kappa shape index (κ3) is 2.45. The molecule has 0 spiro atoms. The molecule has 0 radical (unpaired) electrons.